The summed E-state index contributed by atoms with van der Waals surface area (Å²) in [4.78, 5) is 28.5. The van der Waals surface area contributed by atoms with Crippen molar-refractivity contribution in [2.24, 2.45) is 0 Å². The fourth-order valence-electron chi connectivity index (χ4n) is 4.08. The summed E-state index contributed by atoms with van der Waals surface area (Å²) in [6.45, 7) is 2.80. The third kappa shape index (κ3) is 4.27. The van der Waals surface area contributed by atoms with Gasteiger partial charge in [0.2, 0.25) is 5.91 Å². The number of benzene rings is 2. The molecular formula is C23H27N3O3. The maximum absolute atomic E-state index is 13.0. The first-order valence-corrected chi connectivity index (χ1v) is 10.2. The van der Waals surface area contributed by atoms with Gasteiger partial charge in [-0.3, -0.25) is 14.6 Å². The molecule has 29 heavy (non-hydrogen) atoms. The predicted molar refractivity (Wildman–Crippen MR) is 112 cm³/mol. The highest BCUT2D eigenvalue weighted by atomic mass is 16.5. The Morgan fingerprint density at radius 3 is 2.34 bits per heavy atom. The number of amides is 3. The van der Waals surface area contributed by atoms with E-state index in [1.54, 1.807) is 12.0 Å². The first-order chi connectivity index (χ1) is 14.2. The van der Waals surface area contributed by atoms with Crippen LogP contribution in [0.25, 0.3) is 0 Å². The van der Waals surface area contributed by atoms with E-state index in [0.717, 1.165) is 42.9 Å². The lowest BCUT2D eigenvalue weighted by molar-refractivity contribution is -0.129. The van der Waals surface area contributed by atoms with Gasteiger partial charge in [0.05, 0.1) is 13.7 Å². The summed E-state index contributed by atoms with van der Waals surface area (Å²) < 4.78 is 5.17. The van der Waals surface area contributed by atoms with Gasteiger partial charge >= 0.3 is 6.03 Å². The van der Waals surface area contributed by atoms with Crippen molar-refractivity contribution in [1.82, 2.24) is 10.2 Å². The highest BCUT2D eigenvalue weighted by molar-refractivity contribution is 6.05. The van der Waals surface area contributed by atoms with Crippen molar-refractivity contribution in [3.8, 4) is 5.75 Å². The van der Waals surface area contributed by atoms with Gasteiger partial charge in [-0.05, 0) is 67.2 Å². The number of anilines is 1. The maximum Gasteiger partial charge on any atom is 0.331 e. The second kappa shape index (κ2) is 8.66. The first kappa shape index (κ1) is 19.5. The predicted octanol–water partition coefficient (Wildman–Crippen LogP) is 3.52. The monoisotopic (exact) mass is 393 g/mol. The second-order valence-electron chi connectivity index (χ2n) is 7.63. The Morgan fingerprint density at radius 2 is 1.69 bits per heavy atom. The Kier molecular flexibility index (Phi) is 5.81. The molecule has 0 radical (unpaired) electrons. The lowest BCUT2D eigenvalue weighted by atomic mass is 9.90. The van der Waals surface area contributed by atoms with Crippen LogP contribution in [0.5, 0.6) is 5.75 Å². The molecule has 152 valence electrons. The van der Waals surface area contributed by atoms with Gasteiger partial charge in [-0.2, -0.15) is 0 Å². The Labute approximate surface area is 171 Å². The molecule has 0 unspecified atom stereocenters. The molecule has 2 aliphatic heterocycles. The van der Waals surface area contributed by atoms with Crippen molar-refractivity contribution >= 4 is 17.6 Å². The van der Waals surface area contributed by atoms with Gasteiger partial charge in [-0.15, -0.1) is 0 Å². The number of carbonyl (C=O) groups excluding carboxylic acids is 2. The number of methoxy groups -OCH3 is 1. The van der Waals surface area contributed by atoms with E-state index in [2.05, 4.69) is 17.4 Å². The minimum atomic E-state index is -0.258. The Hall–Kier alpha value is -2.86. The van der Waals surface area contributed by atoms with Crippen LogP contribution in [0.3, 0.4) is 0 Å². The minimum Gasteiger partial charge on any atom is -0.497 e. The van der Waals surface area contributed by atoms with Crippen LogP contribution in [-0.2, 0) is 11.3 Å². The van der Waals surface area contributed by atoms with Gasteiger partial charge in [0, 0.05) is 18.7 Å². The summed E-state index contributed by atoms with van der Waals surface area (Å²) in [5, 5.41) is 3.39. The van der Waals surface area contributed by atoms with Crippen molar-refractivity contribution in [3.63, 3.8) is 0 Å². The van der Waals surface area contributed by atoms with Crippen LogP contribution in [0, 0.1) is 0 Å². The number of hydrogen-bond acceptors (Lipinski definition) is 4. The van der Waals surface area contributed by atoms with Gasteiger partial charge < -0.3 is 10.1 Å². The standard InChI is InChI=1S/C23H27N3O3/c1-29-21-8-2-17(3-9-21)16-26-22(27)12-15-25(23(26)28)20-6-4-18(5-7-20)19-10-13-24-14-11-19/h2-9,19,24H,10-16H2,1H3. The number of hydrogen-bond donors (Lipinski definition) is 1. The van der Waals surface area contributed by atoms with E-state index in [1.807, 2.05) is 36.4 Å². The zero-order valence-corrected chi connectivity index (χ0v) is 16.8. The molecule has 2 aromatic rings. The molecule has 1 N–H and O–H groups in total. The number of imide groups is 1. The molecule has 2 aromatic carbocycles. The number of nitrogens with zero attached hydrogens (tertiary/aromatic N) is 2. The lowest BCUT2D eigenvalue weighted by Crippen LogP contribution is -2.52. The van der Waals surface area contributed by atoms with E-state index in [0.29, 0.717) is 18.9 Å². The largest absolute Gasteiger partial charge is 0.497 e. The molecule has 2 heterocycles. The summed E-state index contributed by atoms with van der Waals surface area (Å²) in [5.74, 6) is 1.20. The molecule has 4 rings (SSSR count). The number of piperidine rings is 1. The van der Waals surface area contributed by atoms with Crippen LogP contribution in [0.2, 0.25) is 0 Å². The summed E-state index contributed by atoms with van der Waals surface area (Å²) in [6.07, 6.45) is 2.62. The second-order valence-corrected chi connectivity index (χ2v) is 7.63. The molecule has 2 aliphatic rings. The van der Waals surface area contributed by atoms with E-state index in [-0.39, 0.29) is 18.5 Å². The summed E-state index contributed by atoms with van der Waals surface area (Å²) in [5.41, 5.74) is 3.07. The van der Waals surface area contributed by atoms with Gasteiger partial charge in [-0.25, -0.2) is 4.79 Å². The fourth-order valence-corrected chi connectivity index (χ4v) is 4.08. The van der Waals surface area contributed by atoms with Crippen molar-refractivity contribution in [2.75, 3.05) is 31.6 Å². The Morgan fingerprint density at radius 1 is 1.00 bits per heavy atom. The number of carbonyl (C=O) groups is 2. The average molecular weight is 393 g/mol. The van der Waals surface area contributed by atoms with Crippen LogP contribution in [-0.4, -0.2) is 43.6 Å². The topological polar surface area (TPSA) is 61.9 Å². The number of nitrogens with one attached hydrogen (secondary N) is 1. The SMILES string of the molecule is COc1ccc(CN2C(=O)CCN(c3ccc(C4CCNCC4)cc3)C2=O)cc1. The van der Waals surface area contributed by atoms with Gasteiger partial charge in [0.25, 0.3) is 0 Å². The summed E-state index contributed by atoms with van der Waals surface area (Å²) in [7, 11) is 1.61. The Bertz CT molecular complexity index is 858. The third-order valence-electron chi connectivity index (χ3n) is 5.83. The molecule has 3 amide bonds. The highest BCUT2D eigenvalue weighted by Gasteiger charge is 2.33. The van der Waals surface area contributed by atoms with E-state index >= 15 is 0 Å². The summed E-state index contributed by atoms with van der Waals surface area (Å²) >= 11 is 0. The minimum absolute atomic E-state index is 0.131. The average Bonchev–Trinajstić information content (AvgIpc) is 2.78. The van der Waals surface area contributed by atoms with Crippen molar-refractivity contribution in [1.29, 1.82) is 0 Å². The van der Waals surface area contributed by atoms with Crippen molar-refractivity contribution < 1.29 is 14.3 Å². The number of rotatable bonds is 5. The molecule has 0 atom stereocenters. The van der Waals surface area contributed by atoms with Crippen LogP contribution >= 0.6 is 0 Å². The molecule has 6 heteroatoms. The zero-order valence-electron chi connectivity index (χ0n) is 16.8. The number of urea groups is 1. The van der Waals surface area contributed by atoms with Gasteiger partial charge in [0.1, 0.15) is 5.75 Å². The van der Waals surface area contributed by atoms with Crippen LogP contribution in [0.15, 0.2) is 48.5 Å². The molecule has 6 nitrogen and oxygen atoms in total. The first-order valence-electron chi connectivity index (χ1n) is 10.2. The molecule has 2 fully saturated rings. The van der Waals surface area contributed by atoms with E-state index in [4.69, 9.17) is 4.74 Å². The lowest BCUT2D eigenvalue weighted by Gasteiger charge is -2.34. The van der Waals surface area contributed by atoms with Gasteiger partial charge in [0.15, 0.2) is 0 Å². The van der Waals surface area contributed by atoms with Crippen LogP contribution in [0.4, 0.5) is 10.5 Å². The maximum atomic E-state index is 13.0. The molecule has 2 saturated heterocycles. The molecule has 0 aromatic heterocycles. The van der Waals surface area contributed by atoms with Crippen LogP contribution in [0.1, 0.15) is 36.3 Å². The van der Waals surface area contributed by atoms with Crippen LogP contribution < -0.4 is 15.0 Å². The van der Waals surface area contributed by atoms with Crippen molar-refractivity contribution in [2.45, 2.75) is 31.7 Å². The smallest absolute Gasteiger partial charge is 0.331 e. The molecule has 0 saturated carbocycles. The molecular weight excluding hydrogens is 366 g/mol. The zero-order chi connectivity index (χ0) is 20.2. The normalized spacial score (nSPS) is 18.2. The van der Waals surface area contributed by atoms with Gasteiger partial charge in [-0.1, -0.05) is 24.3 Å². The molecule has 0 spiro atoms. The molecule has 0 bridgehead atoms. The van der Waals surface area contributed by atoms with E-state index in [1.165, 1.54) is 10.5 Å². The fraction of sp³-hybridized carbons (Fsp3) is 0.391. The highest BCUT2D eigenvalue weighted by Crippen LogP contribution is 2.28. The van der Waals surface area contributed by atoms with Crippen molar-refractivity contribution in [3.05, 3.63) is 59.7 Å². The quantitative estimate of drug-likeness (QED) is 0.844. The Balaban J connectivity index is 1.47. The molecule has 0 aliphatic carbocycles. The third-order valence-corrected chi connectivity index (χ3v) is 5.83. The van der Waals surface area contributed by atoms with E-state index in [9.17, 15) is 9.59 Å². The van der Waals surface area contributed by atoms with E-state index < -0.39 is 0 Å². The number of ether oxygens (including phenoxy) is 1. The summed E-state index contributed by atoms with van der Waals surface area (Å²) in [6, 6.07) is 15.5.